The Morgan fingerprint density at radius 3 is 2.00 bits per heavy atom. The maximum Gasteiger partial charge on any atom is 0.118 e. The van der Waals surface area contributed by atoms with E-state index in [9.17, 15) is 0 Å². The summed E-state index contributed by atoms with van der Waals surface area (Å²) in [6.45, 7) is 12.3. The van der Waals surface area contributed by atoms with Crippen LogP contribution in [0.5, 0.6) is 5.75 Å². The van der Waals surface area contributed by atoms with Crippen molar-refractivity contribution in [2.75, 3.05) is 13.7 Å². The summed E-state index contributed by atoms with van der Waals surface area (Å²) >= 11 is 0. The number of nitrogens with one attached hydrogen (secondary N) is 1. The topological polar surface area (TPSA) is 21.3 Å². The van der Waals surface area contributed by atoms with Gasteiger partial charge < -0.3 is 10.1 Å². The van der Waals surface area contributed by atoms with Crippen LogP contribution in [0.3, 0.4) is 0 Å². The van der Waals surface area contributed by atoms with E-state index in [0.29, 0.717) is 5.92 Å². The quantitative estimate of drug-likeness (QED) is 0.786. The molecule has 0 saturated carbocycles. The summed E-state index contributed by atoms with van der Waals surface area (Å²) in [5.74, 6) is 2.22. The molecule has 0 amide bonds. The molecule has 1 unspecified atom stereocenters. The summed E-state index contributed by atoms with van der Waals surface area (Å²) in [5.41, 5.74) is 1.58. The zero-order valence-corrected chi connectivity index (χ0v) is 14.0. The van der Waals surface area contributed by atoms with Gasteiger partial charge in [-0.1, -0.05) is 38.8 Å². The summed E-state index contributed by atoms with van der Waals surface area (Å²) in [6.07, 6.45) is 2.44. The first-order valence-corrected chi connectivity index (χ1v) is 7.80. The van der Waals surface area contributed by atoms with Gasteiger partial charge in [-0.05, 0) is 50.3 Å². The molecule has 0 aliphatic heterocycles. The van der Waals surface area contributed by atoms with Crippen molar-refractivity contribution in [1.29, 1.82) is 0 Å². The van der Waals surface area contributed by atoms with Gasteiger partial charge in [0, 0.05) is 12.1 Å². The molecule has 0 fully saturated rings. The maximum absolute atomic E-state index is 5.26. The normalized spacial score (nSPS) is 13.6. The van der Waals surface area contributed by atoms with E-state index in [-0.39, 0.29) is 5.54 Å². The molecule has 2 nitrogen and oxygen atoms in total. The van der Waals surface area contributed by atoms with Gasteiger partial charge in [0.1, 0.15) is 5.75 Å². The summed E-state index contributed by atoms with van der Waals surface area (Å²) in [4.78, 5) is 0. The lowest BCUT2D eigenvalue weighted by molar-refractivity contribution is 0.334. The van der Waals surface area contributed by atoms with Crippen LogP contribution in [0.25, 0.3) is 0 Å². The van der Waals surface area contributed by atoms with Crippen LogP contribution >= 0.6 is 0 Å². The van der Waals surface area contributed by atoms with Gasteiger partial charge in [0.15, 0.2) is 0 Å². The second kappa shape index (κ2) is 7.68. The smallest absolute Gasteiger partial charge is 0.118 e. The Hall–Kier alpha value is -1.02. The zero-order chi connectivity index (χ0) is 15.2. The molecule has 1 aromatic carbocycles. The van der Waals surface area contributed by atoms with Crippen LogP contribution in [0, 0.1) is 5.92 Å². The van der Waals surface area contributed by atoms with Crippen molar-refractivity contribution >= 4 is 0 Å². The molecular formula is C18H31NO. The Labute approximate surface area is 124 Å². The van der Waals surface area contributed by atoms with Gasteiger partial charge >= 0.3 is 0 Å². The lowest BCUT2D eigenvalue weighted by Gasteiger charge is -2.30. The average molecular weight is 277 g/mol. The molecule has 0 heterocycles. The minimum Gasteiger partial charge on any atom is -0.497 e. The third-order valence-corrected chi connectivity index (χ3v) is 4.01. The molecule has 1 N–H and O–H groups in total. The lowest BCUT2D eigenvalue weighted by Crippen LogP contribution is -2.40. The predicted octanol–water partition coefficient (Wildman–Crippen LogP) is 4.60. The fourth-order valence-electron chi connectivity index (χ4n) is 2.68. The largest absolute Gasteiger partial charge is 0.497 e. The average Bonchev–Trinajstić information content (AvgIpc) is 2.42. The molecule has 0 spiro atoms. The molecule has 20 heavy (non-hydrogen) atoms. The first-order chi connectivity index (χ1) is 9.41. The summed E-state index contributed by atoms with van der Waals surface area (Å²) in [6, 6.07) is 8.57. The Morgan fingerprint density at radius 2 is 1.60 bits per heavy atom. The predicted molar refractivity (Wildman–Crippen MR) is 87.6 cm³/mol. The molecule has 0 saturated heterocycles. The van der Waals surface area contributed by atoms with E-state index in [2.05, 4.69) is 64.2 Å². The molecule has 0 aliphatic carbocycles. The van der Waals surface area contributed by atoms with Crippen LogP contribution in [0.15, 0.2) is 24.3 Å². The Bertz CT molecular complexity index is 373. The summed E-state index contributed by atoms with van der Waals surface area (Å²) in [5, 5.41) is 3.67. The van der Waals surface area contributed by atoms with Crippen LogP contribution < -0.4 is 10.1 Å². The molecule has 2 heteroatoms. The molecule has 1 rings (SSSR count). The third-order valence-electron chi connectivity index (χ3n) is 4.01. The molecule has 0 aliphatic rings. The molecule has 0 bridgehead atoms. The SMILES string of the molecule is CCC(CC)C(CNC(C)(C)C)c1ccc(OC)cc1. The van der Waals surface area contributed by atoms with Crippen LogP contribution in [0.2, 0.25) is 0 Å². The highest BCUT2D eigenvalue weighted by molar-refractivity contribution is 5.30. The number of ether oxygens (including phenoxy) is 1. The van der Waals surface area contributed by atoms with Crippen LogP contribution in [0.4, 0.5) is 0 Å². The first-order valence-electron chi connectivity index (χ1n) is 7.80. The van der Waals surface area contributed by atoms with Gasteiger partial charge in [0.2, 0.25) is 0 Å². The zero-order valence-electron chi connectivity index (χ0n) is 14.0. The van der Waals surface area contributed by atoms with E-state index in [0.717, 1.165) is 18.2 Å². The highest BCUT2D eigenvalue weighted by atomic mass is 16.5. The van der Waals surface area contributed by atoms with Crippen molar-refractivity contribution in [3.63, 3.8) is 0 Å². The standard InChI is InChI=1S/C18H31NO/c1-7-14(8-2)17(13-19-18(3,4)5)15-9-11-16(20-6)12-10-15/h9-12,14,17,19H,7-8,13H2,1-6H3. The Kier molecular flexibility index (Phi) is 6.54. The third kappa shape index (κ3) is 5.16. The number of rotatable bonds is 7. The van der Waals surface area contributed by atoms with Gasteiger partial charge in [-0.15, -0.1) is 0 Å². The monoisotopic (exact) mass is 277 g/mol. The Balaban J connectivity index is 2.90. The van der Waals surface area contributed by atoms with Gasteiger partial charge in [-0.25, -0.2) is 0 Å². The van der Waals surface area contributed by atoms with Gasteiger partial charge in [0.25, 0.3) is 0 Å². The van der Waals surface area contributed by atoms with E-state index < -0.39 is 0 Å². The maximum atomic E-state index is 5.26. The van der Waals surface area contributed by atoms with E-state index in [4.69, 9.17) is 4.74 Å². The number of hydrogen-bond acceptors (Lipinski definition) is 2. The second-order valence-corrected chi connectivity index (χ2v) is 6.59. The number of benzene rings is 1. The molecule has 0 radical (unpaired) electrons. The van der Waals surface area contributed by atoms with Crippen molar-refractivity contribution in [3.05, 3.63) is 29.8 Å². The van der Waals surface area contributed by atoms with E-state index in [1.54, 1.807) is 7.11 Å². The Morgan fingerprint density at radius 1 is 1.05 bits per heavy atom. The van der Waals surface area contributed by atoms with Crippen LogP contribution in [-0.2, 0) is 0 Å². The lowest BCUT2D eigenvalue weighted by atomic mass is 9.82. The second-order valence-electron chi connectivity index (χ2n) is 6.59. The summed E-state index contributed by atoms with van der Waals surface area (Å²) < 4.78 is 5.26. The highest BCUT2D eigenvalue weighted by Gasteiger charge is 2.22. The van der Waals surface area contributed by atoms with Crippen molar-refractivity contribution in [2.24, 2.45) is 5.92 Å². The van der Waals surface area contributed by atoms with Crippen molar-refractivity contribution in [2.45, 2.75) is 58.9 Å². The minimum absolute atomic E-state index is 0.163. The first kappa shape index (κ1) is 17.0. The summed E-state index contributed by atoms with van der Waals surface area (Å²) in [7, 11) is 1.72. The number of methoxy groups -OCH3 is 1. The van der Waals surface area contributed by atoms with Crippen LogP contribution in [0.1, 0.15) is 58.9 Å². The fourth-order valence-corrected chi connectivity index (χ4v) is 2.68. The van der Waals surface area contributed by atoms with Crippen molar-refractivity contribution < 1.29 is 4.74 Å². The van der Waals surface area contributed by atoms with Gasteiger partial charge in [0.05, 0.1) is 7.11 Å². The van der Waals surface area contributed by atoms with Crippen LogP contribution in [-0.4, -0.2) is 19.2 Å². The van der Waals surface area contributed by atoms with Gasteiger partial charge in [-0.2, -0.15) is 0 Å². The highest BCUT2D eigenvalue weighted by Crippen LogP contribution is 2.30. The van der Waals surface area contributed by atoms with Gasteiger partial charge in [-0.3, -0.25) is 0 Å². The van der Waals surface area contributed by atoms with E-state index in [1.165, 1.54) is 18.4 Å². The molecule has 1 atom stereocenters. The van der Waals surface area contributed by atoms with Crippen molar-refractivity contribution in [3.8, 4) is 5.75 Å². The van der Waals surface area contributed by atoms with E-state index in [1.807, 2.05) is 0 Å². The molecular weight excluding hydrogens is 246 g/mol. The fraction of sp³-hybridized carbons (Fsp3) is 0.667. The molecule has 0 aromatic heterocycles. The number of hydrogen-bond donors (Lipinski definition) is 1. The minimum atomic E-state index is 0.163. The molecule has 114 valence electrons. The molecule has 1 aromatic rings. The van der Waals surface area contributed by atoms with E-state index >= 15 is 0 Å². The van der Waals surface area contributed by atoms with Crippen molar-refractivity contribution in [1.82, 2.24) is 5.32 Å².